The van der Waals surface area contributed by atoms with Crippen LogP contribution in [-0.2, 0) is 0 Å². The van der Waals surface area contributed by atoms with Gasteiger partial charge in [0.1, 0.15) is 5.75 Å². The van der Waals surface area contributed by atoms with E-state index in [1.807, 2.05) is 13.8 Å². The molecule has 1 amide bonds. The molecular formula is C11H16N2O2. The van der Waals surface area contributed by atoms with E-state index in [2.05, 4.69) is 5.32 Å². The zero-order chi connectivity index (χ0) is 11.3. The normalized spacial score (nSPS) is 9.73. The summed E-state index contributed by atoms with van der Waals surface area (Å²) in [6.45, 7) is 4.92. The van der Waals surface area contributed by atoms with E-state index in [1.165, 1.54) is 0 Å². The Kier molecular flexibility index (Phi) is 3.97. The molecule has 0 spiro atoms. The maximum absolute atomic E-state index is 11.5. The Bertz CT molecular complexity index is 350. The largest absolute Gasteiger partial charge is 0.492 e. The third-order valence-corrected chi connectivity index (χ3v) is 1.91. The quantitative estimate of drug-likeness (QED) is 0.735. The second kappa shape index (κ2) is 5.24. The van der Waals surface area contributed by atoms with Gasteiger partial charge >= 0.3 is 0 Å². The molecule has 1 rings (SSSR count). The summed E-state index contributed by atoms with van der Waals surface area (Å²) in [6, 6.07) is 5.03. The Labute approximate surface area is 89.4 Å². The van der Waals surface area contributed by atoms with Crippen LogP contribution in [0.4, 0.5) is 5.69 Å². The highest BCUT2D eigenvalue weighted by atomic mass is 16.5. The highest BCUT2D eigenvalue weighted by Gasteiger charge is 2.07. The van der Waals surface area contributed by atoms with Crippen molar-refractivity contribution < 1.29 is 9.53 Å². The molecule has 3 N–H and O–H groups in total. The van der Waals surface area contributed by atoms with Crippen LogP contribution in [0.1, 0.15) is 24.2 Å². The summed E-state index contributed by atoms with van der Waals surface area (Å²) in [5, 5.41) is 2.71. The van der Waals surface area contributed by atoms with Crippen LogP contribution in [0.5, 0.6) is 5.75 Å². The Morgan fingerprint density at radius 2 is 2.20 bits per heavy atom. The fourth-order valence-electron chi connectivity index (χ4n) is 1.24. The fourth-order valence-corrected chi connectivity index (χ4v) is 1.24. The number of hydrogen-bond donors (Lipinski definition) is 2. The number of rotatable bonds is 4. The van der Waals surface area contributed by atoms with Crippen molar-refractivity contribution in [1.82, 2.24) is 5.32 Å². The highest BCUT2D eigenvalue weighted by molar-refractivity contribution is 5.95. The van der Waals surface area contributed by atoms with Gasteiger partial charge in [0.05, 0.1) is 12.3 Å². The van der Waals surface area contributed by atoms with Crippen LogP contribution in [0.3, 0.4) is 0 Å². The number of ether oxygens (including phenoxy) is 1. The molecule has 4 nitrogen and oxygen atoms in total. The van der Waals surface area contributed by atoms with Crippen molar-refractivity contribution in [3.8, 4) is 5.75 Å². The summed E-state index contributed by atoms with van der Waals surface area (Å²) in [5.41, 5.74) is 6.78. The highest BCUT2D eigenvalue weighted by Crippen LogP contribution is 2.22. The Balaban J connectivity index is 2.86. The van der Waals surface area contributed by atoms with Crippen LogP contribution in [0, 0.1) is 0 Å². The molecule has 1 aromatic carbocycles. The van der Waals surface area contributed by atoms with Crippen molar-refractivity contribution in [1.29, 1.82) is 0 Å². The molecule has 0 aliphatic heterocycles. The molecule has 0 saturated heterocycles. The van der Waals surface area contributed by atoms with Crippen molar-refractivity contribution >= 4 is 11.6 Å². The van der Waals surface area contributed by atoms with Gasteiger partial charge in [-0.05, 0) is 32.0 Å². The zero-order valence-electron chi connectivity index (χ0n) is 9.04. The van der Waals surface area contributed by atoms with Gasteiger partial charge in [0.15, 0.2) is 0 Å². The maximum atomic E-state index is 11.5. The number of nitrogens with two attached hydrogens (primary N) is 1. The van der Waals surface area contributed by atoms with Crippen LogP contribution in [-0.4, -0.2) is 19.1 Å². The van der Waals surface area contributed by atoms with E-state index in [0.717, 1.165) is 0 Å². The van der Waals surface area contributed by atoms with Gasteiger partial charge in [-0.1, -0.05) is 0 Å². The first-order chi connectivity index (χ1) is 7.19. The van der Waals surface area contributed by atoms with Gasteiger partial charge in [0.25, 0.3) is 5.91 Å². The van der Waals surface area contributed by atoms with Gasteiger partial charge in [-0.3, -0.25) is 4.79 Å². The SMILES string of the molecule is CCNC(=O)c1ccc(OCC)c(N)c1. The number of carbonyl (C=O) groups excluding carboxylic acids is 1. The van der Waals surface area contributed by atoms with E-state index in [-0.39, 0.29) is 5.91 Å². The van der Waals surface area contributed by atoms with E-state index >= 15 is 0 Å². The summed E-state index contributed by atoms with van der Waals surface area (Å²) in [5.74, 6) is 0.498. The summed E-state index contributed by atoms with van der Waals surface area (Å²) in [4.78, 5) is 11.5. The van der Waals surface area contributed by atoms with Crippen LogP contribution in [0.25, 0.3) is 0 Å². The molecule has 0 bridgehead atoms. The number of nitrogens with one attached hydrogen (secondary N) is 1. The lowest BCUT2D eigenvalue weighted by molar-refractivity contribution is 0.0956. The molecule has 0 fully saturated rings. The predicted molar refractivity (Wildman–Crippen MR) is 60.0 cm³/mol. The smallest absolute Gasteiger partial charge is 0.251 e. The van der Waals surface area contributed by atoms with Crippen molar-refractivity contribution in [3.63, 3.8) is 0 Å². The molecule has 0 aliphatic rings. The second-order valence-electron chi connectivity index (χ2n) is 3.05. The molecule has 0 unspecified atom stereocenters. The Morgan fingerprint density at radius 1 is 1.47 bits per heavy atom. The first-order valence-electron chi connectivity index (χ1n) is 4.99. The van der Waals surface area contributed by atoms with Gasteiger partial charge < -0.3 is 15.8 Å². The summed E-state index contributed by atoms with van der Waals surface area (Å²) >= 11 is 0. The van der Waals surface area contributed by atoms with Crippen LogP contribution in [0.15, 0.2) is 18.2 Å². The standard InChI is InChI=1S/C11H16N2O2/c1-3-13-11(14)8-5-6-10(15-4-2)9(12)7-8/h5-7H,3-4,12H2,1-2H3,(H,13,14). The topological polar surface area (TPSA) is 64.3 Å². The zero-order valence-corrected chi connectivity index (χ0v) is 9.04. The molecule has 4 heteroatoms. The number of hydrogen-bond acceptors (Lipinski definition) is 3. The molecule has 0 atom stereocenters. The molecular weight excluding hydrogens is 192 g/mol. The minimum atomic E-state index is -0.118. The summed E-state index contributed by atoms with van der Waals surface area (Å²) < 4.78 is 5.27. The first kappa shape index (κ1) is 11.4. The number of nitrogen functional groups attached to an aromatic ring is 1. The van der Waals surface area contributed by atoms with Crippen LogP contribution in [0.2, 0.25) is 0 Å². The molecule has 82 valence electrons. The molecule has 15 heavy (non-hydrogen) atoms. The number of carbonyl (C=O) groups is 1. The molecule has 1 aromatic rings. The monoisotopic (exact) mass is 208 g/mol. The van der Waals surface area contributed by atoms with Gasteiger partial charge in [-0.25, -0.2) is 0 Å². The van der Waals surface area contributed by atoms with Crippen LogP contribution >= 0.6 is 0 Å². The van der Waals surface area contributed by atoms with Crippen molar-refractivity contribution in [3.05, 3.63) is 23.8 Å². The van der Waals surface area contributed by atoms with Crippen molar-refractivity contribution in [2.45, 2.75) is 13.8 Å². The van der Waals surface area contributed by atoms with E-state index in [4.69, 9.17) is 10.5 Å². The first-order valence-corrected chi connectivity index (χ1v) is 4.99. The minimum absolute atomic E-state index is 0.118. The number of benzene rings is 1. The third-order valence-electron chi connectivity index (χ3n) is 1.91. The summed E-state index contributed by atoms with van der Waals surface area (Å²) in [7, 11) is 0. The molecule has 0 aliphatic carbocycles. The molecule has 0 saturated carbocycles. The molecule has 0 heterocycles. The van der Waals surface area contributed by atoms with Gasteiger partial charge in [0.2, 0.25) is 0 Å². The minimum Gasteiger partial charge on any atom is -0.492 e. The third kappa shape index (κ3) is 2.87. The van der Waals surface area contributed by atoms with Crippen LogP contribution < -0.4 is 15.8 Å². The summed E-state index contributed by atoms with van der Waals surface area (Å²) in [6.07, 6.45) is 0. The average Bonchev–Trinajstić information content (AvgIpc) is 2.21. The van der Waals surface area contributed by atoms with E-state index < -0.39 is 0 Å². The Morgan fingerprint density at radius 3 is 2.73 bits per heavy atom. The lowest BCUT2D eigenvalue weighted by atomic mass is 10.2. The van der Waals surface area contributed by atoms with Gasteiger partial charge in [-0.2, -0.15) is 0 Å². The fraction of sp³-hybridized carbons (Fsp3) is 0.364. The van der Waals surface area contributed by atoms with Gasteiger partial charge in [0, 0.05) is 12.1 Å². The molecule has 0 radical (unpaired) electrons. The van der Waals surface area contributed by atoms with Crippen molar-refractivity contribution in [2.75, 3.05) is 18.9 Å². The predicted octanol–water partition coefficient (Wildman–Crippen LogP) is 1.42. The lowest BCUT2D eigenvalue weighted by Gasteiger charge is -2.08. The average molecular weight is 208 g/mol. The van der Waals surface area contributed by atoms with Gasteiger partial charge in [-0.15, -0.1) is 0 Å². The maximum Gasteiger partial charge on any atom is 0.251 e. The molecule has 0 aromatic heterocycles. The van der Waals surface area contributed by atoms with E-state index in [0.29, 0.717) is 30.2 Å². The lowest BCUT2D eigenvalue weighted by Crippen LogP contribution is -2.22. The second-order valence-corrected chi connectivity index (χ2v) is 3.05. The number of amides is 1. The Hall–Kier alpha value is -1.71. The van der Waals surface area contributed by atoms with E-state index in [1.54, 1.807) is 18.2 Å². The number of anilines is 1. The van der Waals surface area contributed by atoms with E-state index in [9.17, 15) is 4.79 Å². The van der Waals surface area contributed by atoms with Crippen molar-refractivity contribution in [2.24, 2.45) is 0 Å².